The first-order valence-electron chi connectivity index (χ1n) is 18.9. The Bertz CT molecular complexity index is 2010. The maximum atomic E-state index is 13.0. The zero-order chi connectivity index (χ0) is 38.1. The number of hydrogen-bond acceptors (Lipinski definition) is 9. The summed E-state index contributed by atoms with van der Waals surface area (Å²) in [5.74, 6) is -1.53. The van der Waals surface area contributed by atoms with Gasteiger partial charge in [-0.2, -0.15) is 0 Å². The van der Waals surface area contributed by atoms with E-state index in [0.29, 0.717) is 19.4 Å². The lowest BCUT2D eigenvalue weighted by Gasteiger charge is -2.18. The SMILES string of the molecule is CCCCOC(C)C1=C(C)C2=NC1=CC1=NC(=CC3=C(C)C4=C(O)CC(=C5NC(=C2)[C@@H](C)[C@@H]5CCC(=O)NCC(=O)CCC(=O)O)C4=N3)C(CC)=C1C. The van der Waals surface area contributed by atoms with Gasteiger partial charge in [0.25, 0.3) is 0 Å². The van der Waals surface area contributed by atoms with Crippen molar-refractivity contribution in [2.75, 3.05) is 13.2 Å². The van der Waals surface area contributed by atoms with Crippen LogP contribution in [0.1, 0.15) is 99.8 Å². The summed E-state index contributed by atoms with van der Waals surface area (Å²) in [5, 5.41) is 26.7. The molecule has 8 bridgehead atoms. The summed E-state index contributed by atoms with van der Waals surface area (Å²) in [5.41, 5.74) is 13.6. The lowest BCUT2D eigenvalue weighted by molar-refractivity contribution is -0.138. The Morgan fingerprint density at radius 3 is 2.43 bits per heavy atom. The number of ketones is 1. The van der Waals surface area contributed by atoms with E-state index < -0.39 is 5.97 Å². The number of Topliss-reactive ketones (excluding diaryl/α,β-unsaturated/α-hetero) is 1. The zero-order valence-corrected chi connectivity index (χ0v) is 31.9. The number of nitrogens with zero attached hydrogens (tertiary/aromatic N) is 3. The van der Waals surface area contributed by atoms with Crippen molar-refractivity contribution in [3.63, 3.8) is 0 Å². The summed E-state index contributed by atoms with van der Waals surface area (Å²) in [6.45, 7) is 15.1. The molecule has 6 rings (SSSR count). The number of allylic oxidation sites excluding steroid dienone is 11. The Labute approximate surface area is 311 Å². The van der Waals surface area contributed by atoms with Gasteiger partial charge in [-0.1, -0.05) is 27.2 Å². The normalized spacial score (nSPS) is 22.5. The minimum absolute atomic E-state index is 0.0371. The number of carboxylic acids is 1. The Morgan fingerprint density at radius 2 is 1.72 bits per heavy atom. The van der Waals surface area contributed by atoms with Crippen LogP contribution >= 0.6 is 0 Å². The fourth-order valence-corrected chi connectivity index (χ4v) is 8.03. The van der Waals surface area contributed by atoms with Gasteiger partial charge in [-0.15, -0.1) is 0 Å². The van der Waals surface area contributed by atoms with Crippen molar-refractivity contribution in [1.29, 1.82) is 0 Å². The quantitative estimate of drug-likeness (QED) is 0.138. The highest BCUT2D eigenvalue weighted by atomic mass is 16.5. The summed E-state index contributed by atoms with van der Waals surface area (Å²) >= 11 is 0. The number of amides is 1. The molecule has 5 aliphatic heterocycles. The third-order valence-corrected chi connectivity index (χ3v) is 11.2. The average Bonchev–Trinajstić information content (AvgIpc) is 3.87. The van der Waals surface area contributed by atoms with E-state index in [1.54, 1.807) is 0 Å². The average molecular weight is 722 g/mol. The topological polar surface area (TPSA) is 162 Å². The molecule has 0 spiro atoms. The summed E-state index contributed by atoms with van der Waals surface area (Å²) < 4.78 is 6.35. The van der Waals surface area contributed by atoms with Crippen molar-refractivity contribution in [3.8, 4) is 0 Å². The van der Waals surface area contributed by atoms with Crippen molar-refractivity contribution < 1.29 is 29.3 Å². The molecule has 11 nitrogen and oxygen atoms in total. The van der Waals surface area contributed by atoms with Gasteiger partial charge in [0.1, 0.15) is 5.76 Å². The van der Waals surface area contributed by atoms with Crippen molar-refractivity contribution in [2.45, 2.75) is 106 Å². The van der Waals surface area contributed by atoms with E-state index in [0.717, 1.165) is 104 Å². The van der Waals surface area contributed by atoms with E-state index in [2.05, 4.69) is 64.3 Å². The van der Waals surface area contributed by atoms with E-state index in [9.17, 15) is 19.5 Å². The van der Waals surface area contributed by atoms with E-state index in [4.69, 9.17) is 24.8 Å². The Hall–Kier alpha value is -4.90. The lowest BCUT2D eigenvalue weighted by atomic mass is 9.86. The molecular formula is C42H51N5O6. The second-order valence-electron chi connectivity index (χ2n) is 14.6. The maximum Gasteiger partial charge on any atom is 0.303 e. The van der Waals surface area contributed by atoms with Gasteiger partial charge in [0.05, 0.1) is 53.3 Å². The third-order valence-electron chi connectivity index (χ3n) is 11.2. The van der Waals surface area contributed by atoms with Gasteiger partial charge >= 0.3 is 5.97 Å². The Morgan fingerprint density at radius 1 is 0.981 bits per heavy atom. The zero-order valence-electron chi connectivity index (χ0n) is 31.9. The number of rotatable bonds is 14. The lowest BCUT2D eigenvalue weighted by Crippen LogP contribution is -2.30. The second kappa shape index (κ2) is 15.6. The number of carboxylic acid groups (broad SMARTS) is 1. The smallest absolute Gasteiger partial charge is 0.303 e. The predicted molar refractivity (Wildman–Crippen MR) is 206 cm³/mol. The van der Waals surface area contributed by atoms with E-state index in [-0.39, 0.29) is 61.2 Å². The second-order valence-corrected chi connectivity index (χ2v) is 14.6. The third kappa shape index (κ3) is 7.49. The minimum atomic E-state index is -1.05. The van der Waals surface area contributed by atoms with Gasteiger partial charge in [-0.05, 0) is 87.5 Å². The molecule has 0 aromatic carbocycles. The van der Waals surface area contributed by atoms with Crippen LogP contribution in [0.15, 0.2) is 106 Å². The molecule has 3 atom stereocenters. The van der Waals surface area contributed by atoms with Gasteiger partial charge in [-0.3, -0.25) is 14.4 Å². The molecule has 280 valence electrons. The summed E-state index contributed by atoms with van der Waals surface area (Å²) in [4.78, 5) is 51.5. The van der Waals surface area contributed by atoms with Crippen LogP contribution in [0.4, 0.5) is 0 Å². The molecule has 6 aliphatic rings. The van der Waals surface area contributed by atoms with E-state index >= 15 is 0 Å². The number of fused-ring (bicyclic) bond motifs is 5. The molecular weight excluding hydrogens is 670 g/mol. The Kier molecular flexibility index (Phi) is 11.1. The van der Waals surface area contributed by atoms with Crippen molar-refractivity contribution in [2.24, 2.45) is 26.8 Å². The van der Waals surface area contributed by atoms with E-state index in [1.807, 2.05) is 13.0 Å². The Balaban J connectivity index is 1.42. The fraction of sp³-hybridized carbons (Fsp3) is 0.476. The summed E-state index contributed by atoms with van der Waals surface area (Å²) in [6, 6.07) is 0. The van der Waals surface area contributed by atoms with Gasteiger partial charge < -0.3 is 25.6 Å². The van der Waals surface area contributed by atoms with Crippen LogP contribution in [0.5, 0.6) is 0 Å². The van der Waals surface area contributed by atoms with Crippen LogP contribution in [0.3, 0.4) is 0 Å². The molecule has 1 amide bonds. The molecule has 0 aromatic heterocycles. The molecule has 1 saturated heterocycles. The number of hydrogen-bond donors (Lipinski definition) is 4. The highest BCUT2D eigenvalue weighted by Gasteiger charge is 2.41. The first kappa shape index (κ1) is 37.8. The van der Waals surface area contributed by atoms with Gasteiger partial charge in [0, 0.05) is 65.8 Å². The fourth-order valence-electron chi connectivity index (χ4n) is 8.03. The van der Waals surface area contributed by atoms with Crippen LogP contribution in [0.2, 0.25) is 0 Å². The molecule has 1 fully saturated rings. The number of carbonyl (C=O) groups is 3. The van der Waals surface area contributed by atoms with Crippen molar-refractivity contribution in [1.82, 2.24) is 10.6 Å². The molecule has 1 unspecified atom stereocenters. The molecule has 0 radical (unpaired) electrons. The highest BCUT2D eigenvalue weighted by molar-refractivity contribution is 6.21. The number of unbranched alkanes of at least 4 members (excludes halogenated alkanes) is 1. The molecule has 0 saturated carbocycles. The molecule has 5 heterocycles. The van der Waals surface area contributed by atoms with Crippen molar-refractivity contribution >= 4 is 34.8 Å². The maximum absolute atomic E-state index is 13.0. The van der Waals surface area contributed by atoms with Crippen LogP contribution < -0.4 is 10.6 Å². The monoisotopic (exact) mass is 721 g/mol. The number of carbonyl (C=O) groups excluding carboxylic acids is 2. The first-order chi connectivity index (χ1) is 25.3. The van der Waals surface area contributed by atoms with Gasteiger partial charge in [0.2, 0.25) is 5.91 Å². The molecule has 1 aliphatic carbocycles. The number of ether oxygens (including phenoxy) is 1. The molecule has 53 heavy (non-hydrogen) atoms. The van der Waals surface area contributed by atoms with Crippen LogP contribution in [-0.4, -0.2) is 64.3 Å². The predicted octanol–water partition coefficient (Wildman–Crippen LogP) is 7.19. The minimum Gasteiger partial charge on any atom is -0.511 e. The van der Waals surface area contributed by atoms with E-state index in [1.165, 1.54) is 0 Å². The molecule has 11 heteroatoms. The van der Waals surface area contributed by atoms with Gasteiger partial charge in [-0.25, -0.2) is 15.0 Å². The number of nitrogens with one attached hydrogen (secondary N) is 2. The summed E-state index contributed by atoms with van der Waals surface area (Å²) in [6.07, 6.45) is 9.42. The molecule has 0 aromatic rings. The standard InChI is InChI=1S/C42H51N5O6/c1-8-10-15-53-25(7)39-23(5)32-17-31-22(4)28(12-13-37(50)43-20-26(48)11-14-38(51)52)41(46-31)29-16-36(49)40-24(6)33(47-42(29)40)18-34-27(9-2)21(3)30(44-34)19-35(39)45-32/h17-19,22,25,28,46,49H,8-16,20H2,1-7H3,(H,43,50)(H,51,52)/t22-,25?,28-/m0/s1. The number of aliphatic hydroxyl groups is 1. The largest absolute Gasteiger partial charge is 0.511 e. The van der Waals surface area contributed by atoms with Crippen molar-refractivity contribution in [3.05, 3.63) is 91.5 Å². The van der Waals surface area contributed by atoms with Crippen LogP contribution in [-0.2, 0) is 19.1 Å². The first-order valence-corrected chi connectivity index (χ1v) is 18.9. The number of aliphatic hydroxyl groups excluding tert-OH is 1. The van der Waals surface area contributed by atoms with Crippen LogP contribution in [0.25, 0.3) is 0 Å². The van der Waals surface area contributed by atoms with Gasteiger partial charge in [0.15, 0.2) is 5.78 Å². The van der Waals surface area contributed by atoms with Crippen LogP contribution in [0, 0.1) is 11.8 Å². The molecule has 4 N–H and O–H groups in total. The number of aliphatic imine (C=N–C) groups is 3. The highest BCUT2D eigenvalue weighted by Crippen LogP contribution is 2.46. The number of aliphatic carboxylic acids is 1. The summed E-state index contributed by atoms with van der Waals surface area (Å²) in [7, 11) is 0.